The van der Waals surface area contributed by atoms with Gasteiger partial charge in [-0.15, -0.1) is 0 Å². The summed E-state index contributed by atoms with van der Waals surface area (Å²) in [6.07, 6.45) is -1.82. The maximum Gasteiger partial charge on any atom is 0.471 e. The van der Waals surface area contributed by atoms with E-state index >= 15 is 0 Å². The molecule has 0 aromatic rings. The zero-order chi connectivity index (χ0) is 12.3. The highest BCUT2D eigenvalue weighted by Crippen LogP contribution is 2.21. The highest BCUT2D eigenvalue weighted by molar-refractivity contribution is 5.82. The van der Waals surface area contributed by atoms with Crippen molar-refractivity contribution in [1.29, 1.82) is 0 Å². The monoisotopic (exact) mass is 236 g/mol. The van der Waals surface area contributed by atoms with Crippen molar-refractivity contribution in [2.45, 2.75) is 25.1 Å². The summed E-state index contributed by atoms with van der Waals surface area (Å²) in [6, 6.07) is -1.07. The molecule has 1 aliphatic rings. The first-order valence-electron chi connectivity index (χ1n) is 4.56. The Balaban J connectivity index is 2.68. The fourth-order valence-electron chi connectivity index (χ4n) is 1.48. The first-order valence-corrected chi connectivity index (χ1v) is 4.56. The standard InChI is InChI=1S/C9H10F3NO3/c10-9(11,12)8(16)13-6-4-2-1-3-5(6)7(14)15/h1-2,5-6H,3-4H2,(H,13,16)(H,14,15)/p-1/t5-,6-/m0/s1. The molecule has 1 N–H and O–H groups in total. The second-order valence-corrected chi connectivity index (χ2v) is 3.45. The molecule has 16 heavy (non-hydrogen) atoms. The zero-order valence-corrected chi connectivity index (χ0v) is 8.08. The molecule has 0 unspecified atom stereocenters. The van der Waals surface area contributed by atoms with Gasteiger partial charge in [-0.2, -0.15) is 13.2 Å². The highest BCUT2D eigenvalue weighted by atomic mass is 19.4. The molecule has 4 nitrogen and oxygen atoms in total. The van der Waals surface area contributed by atoms with E-state index in [1.807, 2.05) is 0 Å². The third kappa shape index (κ3) is 2.98. The number of nitrogens with one attached hydrogen (secondary N) is 1. The van der Waals surface area contributed by atoms with Gasteiger partial charge in [0, 0.05) is 17.9 Å². The normalized spacial score (nSPS) is 25.2. The van der Waals surface area contributed by atoms with Gasteiger partial charge in [-0.25, -0.2) is 0 Å². The van der Waals surface area contributed by atoms with Gasteiger partial charge in [0.05, 0.1) is 0 Å². The maximum atomic E-state index is 11.9. The van der Waals surface area contributed by atoms with Crippen LogP contribution in [0.25, 0.3) is 0 Å². The molecule has 0 spiro atoms. The minimum atomic E-state index is -5.00. The van der Waals surface area contributed by atoms with E-state index in [1.165, 1.54) is 12.2 Å². The number of carboxylic acid groups (broad SMARTS) is 1. The number of carboxylic acids is 1. The lowest BCUT2D eigenvalue weighted by Crippen LogP contribution is -2.51. The summed E-state index contributed by atoms with van der Waals surface area (Å²) in [5.74, 6) is -4.70. The fraction of sp³-hybridized carbons (Fsp3) is 0.556. The van der Waals surface area contributed by atoms with Gasteiger partial charge in [0.1, 0.15) is 0 Å². The average Bonchev–Trinajstić information content (AvgIpc) is 2.16. The van der Waals surface area contributed by atoms with Crippen molar-refractivity contribution in [3.8, 4) is 0 Å². The van der Waals surface area contributed by atoms with Crippen LogP contribution in [0.2, 0.25) is 0 Å². The molecule has 0 bridgehead atoms. The average molecular weight is 236 g/mol. The summed E-state index contributed by atoms with van der Waals surface area (Å²) in [7, 11) is 0. The van der Waals surface area contributed by atoms with Crippen LogP contribution in [0.5, 0.6) is 0 Å². The third-order valence-corrected chi connectivity index (χ3v) is 2.31. The summed E-state index contributed by atoms with van der Waals surface area (Å²) < 4.78 is 35.8. The van der Waals surface area contributed by atoms with Crippen LogP contribution in [-0.2, 0) is 9.59 Å². The molecule has 1 rings (SSSR count). The van der Waals surface area contributed by atoms with E-state index in [4.69, 9.17) is 0 Å². The van der Waals surface area contributed by atoms with Gasteiger partial charge in [0.2, 0.25) is 0 Å². The molecule has 2 atom stereocenters. The minimum absolute atomic E-state index is 0.0560. The topological polar surface area (TPSA) is 69.2 Å². The Kier molecular flexibility index (Phi) is 3.56. The Hall–Kier alpha value is -1.53. The highest BCUT2D eigenvalue weighted by Gasteiger charge is 2.40. The van der Waals surface area contributed by atoms with Crippen molar-refractivity contribution in [3.63, 3.8) is 0 Å². The molecule has 0 aliphatic heterocycles. The smallest absolute Gasteiger partial charge is 0.471 e. The lowest BCUT2D eigenvalue weighted by Gasteiger charge is -2.30. The lowest BCUT2D eigenvalue weighted by atomic mass is 9.89. The van der Waals surface area contributed by atoms with Crippen molar-refractivity contribution < 1.29 is 27.9 Å². The number of hydrogen-bond donors (Lipinski definition) is 1. The molecule has 90 valence electrons. The maximum absolute atomic E-state index is 11.9. The molecule has 0 saturated carbocycles. The molecule has 0 saturated heterocycles. The van der Waals surface area contributed by atoms with E-state index in [9.17, 15) is 27.9 Å². The van der Waals surface area contributed by atoms with Crippen molar-refractivity contribution in [2.24, 2.45) is 5.92 Å². The number of amides is 1. The van der Waals surface area contributed by atoms with E-state index in [1.54, 1.807) is 5.32 Å². The summed E-state index contributed by atoms with van der Waals surface area (Å²) in [5.41, 5.74) is 0. The van der Waals surface area contributed by atoms with Gasteiger partial charge >= 0.3 is 12.1 Å². The summed E-state index contributed by atoms with van der Waals surface area (Å²) in [4.78, 5) is 21.2. The van der Waals surface area contributed by atoms with Crippen LogP contribution in [0, 0.1) is 5.92 Å². The van der Waals surface area contributed by atoms with Crippen LogP contribution in [0.15, 0.2) is 12.2 Å². The Morgan fingerprint density at radius 1 is 1.25 bits per heavy atom. The second-order valence-electron chi connectivity index (χ2n) is 3.45. The van der Waals surface area contributed by atoms with Gasteiger partial charge in [0.25, 0.3) is 0 Å². The van der Waals surface area contributed by atoms with Crippen LogP contribution < -0.4 is 10.4 Å². The van der Waals surface area contributed by atoms with Gasteiger partial charge in [0.15, 0.2) is 0 Å². The number of aliphatic carboxylic acids is 1. The van der Waals surface area contributed by atoms with E-state index in [0.29, 0.717) is 0 Å². The van der Waals surface area contributed by atoms with Crippen molar-refractivity contribution in [2.75, 3.05) is 0 Å². The van der Waals surface area contributed by atoms with E-state index < -0.39 is 30.0 Å². The summed E-state index contributed by atoms with van der Waals surface area (Å²) >= 11 is 0. The number of allylic oxidation sites excluding steroid dienone is 1. The predicted octanol–water partition coefficient (Wildman–Crippen LogP) is -0.250. The van der Waals surface area contributed by atoms with Crippen LogP contribution in [0.4, 0.5) is 13.2 Å². The predicted molar refractivity (Wildman–Crippen MR) is 44.9 cm³/mol. The Labute approximate surface area is 89.1 Å². The number of alkyl halides is 3. The minimum Gasteiger partial charge on any atom is -0.550 e. The molecular formula is C9H9F3NO3-. The van der Waals surface area contributed by atoms with Crippen LogP contribution >= 0.6 is 0 Å². The van der Waals surface area contributed by atoms with E-state index in [0.717, 1.165) is 0 Å². The van der Waals surface area contributed by atoms with Crippen LogP contribution in [-0.4, -0.2) is 24.1 Å². The number of rotatable bonds is 2. The summed E-state index contributed by atoms with van der Waals surface area (Å²) in [6.45, 7) is 0. The molecule has 0 aromatic carbocycles. The Morgan fingerprint density at radius 3 is 2.31 bits per heavy atom. The van der Waals surface area contributed by atoms with E-state index in [2.05, 4.69) is 0 Å². The van der Waals surface area contributed by atoms with Crippen molar-refractivity contribution in [1.82, 2.24) is 5.32 Å². The van der Waals surface area contributed by atoms with Gasteiger partial charge in [-0.05, 0) is 12.8 Å². The van der Waals surface area contributed by atoms with Crippen LogP contribution in [0.3, 0.4) is 0 Å². The number of hydrogen-bond acceptors (Lipinski definition) is 3. The molecule has 1 aliphatic carbocycles. The third-order valence-electron chi connectivity index (χ3n) is 2.31. The molecule has 0 heterocycles. The van der Waals surface area contributed by atoms with Crippen molar-refractivity contribution in [3.05, 3.63) is 12.2 Å². The second kappa shape index (κ2) is 4.54. The van der Waals surface area contributed by atoms with Gasteiger partial charge < -0.3 is 15.2 Å². The Morgan fingerprint density at radius 2 is 1.81 bits per heavy atom. The van der Waals surface area contributed by atoms with E-state index in [-0.39, 0.29) is 12.8 Å². The van der Waals surface area contributed by atoms with Gasteiger partial charge in [-0.3, -0.25) is 4.79 Å². The fourth-order valence-corrected chi connectivity index (χ4v) is 1.48. The SMILES string of the molecule is O=C([O-])[C@H]1CC=CC[C@@H]1NC(=O)C(F)(F)F. The number of carbonyl (C=O) groups excluding carboxylic acids is 2. The molecular weight excluding hydrogens is 227 g/mol. The summed E-state index contributed by atoms with van der Waals surface area (Å²) in [5, 5.41) is 12.3. The first-order chi connectivity index (χ1) is 7.32. The molecule has 1 amide bonds. The number of halogens is 3. The number of carbonyl (C=O) groups is 2. The van der Waals surface area contributed by atoms with Gasteiger partial charge in [-0.1, -0.05) is 12.2 Å². The molecule has 0 fully saturated rings. The largest absolute Gasteiger partial charge is 0.550 e. The lowest BCUT2D eigenvalue weighted by molar-refractivity contribution is -0.312. The Bertz CT molecular complexity index is 324. The van der Waals surface area contributed by atoms with Crippen molar-refractivity contribution >= 4 is 11.9 Å². The molecule has 7 heteroatoms. The molecule has 0 aromatic heterocycles. The quantitative estimate of drug-likeness (QED) is 0.672. The first kappa shape index (κ1) is 12.5. The molecule has 0 radical (unpaired) electrons. The van der Waals surface area contributed by atoms with Crippen LogP contribution in [0.1, 0.15) is 12.8 Å². The zero-order valence-electron chi connectivity index (χ0n) is 8.08.